The molecular weight excluding hydrogens is 292 g/mol. The summed E-state index contributed by atoms with van der Waals surface area (Å²) in [5.74, 6) is 0.998. The summed E-state index contributed by atoms with van der Waals surface area (Å²) in [5, 5.41) is 0.504. The summed E-state index contributed by atoms with van der Waals surface area (Å²) in [6.07, 6.45) is 1.05. The minimum Gasteiger partial charge on any atom is -0.464 e. The van der Waals surface area contributed by atoms with E-state index in [1.54, 1.807) is 13.0 Å². The second-order valence-electron chi connectivity index (χ2n) is 3.66. The van der Waals surface area contributed by atoms with Gasteiger partial charge in [-0.1, -0.05) is 24.8 Å². The Morgan fingerprint density at radius 1 is 1.29 bits per heavy atom. The molecule has 0 atom stereocenters. The summed E-state index contributed by atoms with van der Waals surface area (Å²) < 4.78 is 10.3. The standard InChI is InChI=1S/C13H20N4O3S/c1-5-9-17(13(18)20-7-3)10-14-11(19-6-2)16-12(15-10)21-8-4/h5H,1,6-9H2,2-4H3. The van der Waals surface area contributed by atoms with Crippen molar-refractivity contribution in [3.05, 3.63) is 12.7 Å². The number of hydrogen-bond donors (Lipinski definition) is 0. The van der Waals surface area contributed by atoms with Crippen molar-refractivity contribution in [1.82, 2.24) is 15.0 Å². The number of hydrogen-bond acceptors (Lipinski definition) is 7. The molecule has 0 saturated heterocycles. The quantitative estimate of drug-likeness (QED) is 0.539. The van der Waals surface area contributed by atoms with E-state index in [9.17, 15) is 4.79 Å². The average Bonchev–Trinajstić information content (AvgIpc) is 2.45. The highest BCUT2D eigenvalue weighted by molar-refractivity contribution is 7.99. The van der Waals surface area contributed by atoms with E-state index >= 15 is 0 Å². The second kappa shape index (κ2) is 9.17. The van der Waals surface area contributed by atoms with Gasteiger partial charge in [-0.2, -0.15) is 15.0 Å². The minimum absolute atomic E-state index is 0.191. The van der Waals surface area contributed by atoms with E-state index in [2.05, 4.69) is 21.5 Å². The van der Waals surface area contributed by atoms with Crippen molar-refractivity contribution in [2.24, 2.45) is 0 Å². The largest absolute Gasteiger partial charge is 0.464 e. The fourth-order valence-corrected chi connectivity index (χ4v) is 1.95. The summed E-state index contributed by atoms with van der Waals surface area (Å²) in [6, 6.07) is 0.191. The topological polar surface area (TPSA) is 77.4 Å². The molecule has 1 amide bonds. The van der Waals surface area contributed by atoms with Crippen LogP contribution in [0.25, 0.3) is 0 Å². The van der Waals surface area contributed by atoms with E-state index in [1.165, 1.54) is 16.7 Å². The molecule has 1 rings (SSSR count). The van der Waals surface area contributed by atoms with Gasteiger partial charge in [-0.3, -0.25) is 0 Å². The predicted octanol–water partition coefficient (Wildman–Crippen LogP) is 2.53. The van der Waals surface area contributed by atoms with E-state index < -0.39 is 6.09 Å². The van der Waals surface area contributed by atoms with Crippen LogP contribution < -0.4 is 9.64 Å². The Balaban J connectivity index is 3.14. The summed E-state index contributed by atoms with van der Waals surface area (Å²) in [4.78, 5) is 25.9. The molecule has 0 radical (unpaired) electrons. The van der Waals surface area contributed by atoms with Gasteiger partial charge >= 0.3 is 12.1 Å². The van der Waals surface area contributed by atoms with Gasteiger partial charge in [-0.05, 0) is 19.6 Å². The van der Waals surface area contributed by atoms with Crippen molar-refractivity contribution in [1.29, 1.82) is 0 Å². The first-order valence-electron chi connectivity index (χ1n) is 6.73. The third-order valence-corrected chi connectivity index (χ3v) is 2.90. The zero-order valence-electron chi connectivity index (χ0n) is 12.5. The fourth-order valence-electron chi connectivity index (χ4n) is 1.40. The molecule has 0 aliphatic heterocycles. The van der Waals surface area contributed by atoms with Gasteiger partial charge in [0, 0.05) is 0 Å². The first-order chi connectivity index (χ1) is 10.2. The van der Waals surface area contributed by atoms with Gasteiger partial charge in [0.15, 0.2) is 5.16 Å². The summed E-state index contributed by atoms with van der Waals surface area (Å²) in [7, 11) is 0. The van der Waals surface area contributed by atoms with Crippen molar-refractivity contribution in [3.63, 3.8) is 0 Å². The maximum atomic E-state index is 12.0. The molecule has 0 N–H and O–H groups in total. The van der Waals surface area contributed by atoms with Crippen LogP contribution in [0.4, 0.5) is 10.7 Å². The first-order valence-corrected chi connectivity index (χ1v) is 7.71. The van der Waals surface area contributed by atoms with Crippen molar-refractivity contribution in [2.75, 3.05) is 30.4 Å². The highest BCUT2D eigenvalue weighted by Crippen LogP contribution is 2.20. The van der Waals surface area contributed by atoms with Gasteiger partial charge in [0.2, 0.25) is 5.95 Å². The molecule has 1 aromatic rings. The molecule has 21 heavy (non-hydrogen) atoms. The summed E-state index contributed by atoms with van der Waals surface area (Å²) >= 11 is 1.44. The lowest BCUT2D eigenvalue weighted by atomic mass is 10.5. The molecule has 7 nitrogen and oxygen atoms in total. The van der Waals surface area contributed by atoms with E-state index in [-0.39, 0.29) is 25.1 Å². The van der Waals surface area contributed by atoms with Crippen LogP contribution in [0.5, 0.6) is 6.01 Å². The van der Waals surface area contributed by atoms with Crippen molar-refractivity contribution in [2.45, 2.75) is 25.9 Å². The van der Waals surface area contributed by atoms with Gasteiger partial charge in [0.25, 0.3) is 0 Å². The normalized spacial score (nSPS) is 10.0. The summed E-state index contributed by atoms with van der Waals surface area (Å²) in [6.45, 7) is 10.1. The smallest absolute Gasteiger partial charge is 0.416 e. The van der Waals surface area contributed by atoms with E-state index in [1.807, 2.05) is 13.8 Å². The van der Waals surface area contributed by atoms with Crippen molar-refractivity contribution >= 4 is 23.8 Å². The zero-order chi connectivity index (χ0) is 15.7. The number of carbonyl (C=O) groups excluding carboxylic acids is 1. The van der Waals surface area contributed by atoms with Gasteiger partial charge in [-0.25, -0.2) is 9.69 Å². The van der Waals surface area contributed by atoms with E-state index in [0.29, 0.717) is 11.8 Å². The van der Waals surface area contributed by atoms with Crippen LogP contribution in [0.2, 0.25) is 0 Å². The van der Waals surface area contributed by atoms with Crippen LogP contribution in [0.1, 0.15) is 20.8 Å². The van der Waals surface area contributed by atoms with Gasteiger partial charge in [-0.15, -0.1) is 6.58 Å². The Bertz CT molecular complexity index is 460. The third kappa shape index (κ3) is 5.22. The number of nitrogens with zero attached hydrogens (tertiary/aromatic N) is 4. The van der Waals surface area contributed by atoms with Gasteiger partial charge in [0.1, 0.15) is 0 Å². The molecule has 0 spiro atoms. The molecule has 1 aromatic heterocycles. The zero-order valence-corrected chi connectivity index (χ0v) is 13.4. The predicted molar refractivity (Wildman–Crippen MR) is 82.0 cm³/mol. The highest BCUT2D eigenvalue weighted by Gasteiger charge is 2.21. The third-order valence-electron chi connectivity index (χ3n) is 2.17. The molecular formula is C13H20N4O3S. The fraction of sp³-hybridized carbons (Fsp3) is 0.538. The Morgan fingerprint density at radius 2 is 2.05 bits per heavy atom. The molecule has 1 heterocycles. The molecule has 0 aliphatic carbocycles. The SMILES string of the molecule is C=CCN(C(=O)OCC)c1nc(OCC)nc(SCC)n1. The van der Waals surface area contributed by atoms with Crippen LogP contribution in [-0.4, -0.2) is 46.6 Å². The first kappa shape index (κ1) is 17.2. The molecule has 0 fully saturated rings. The molecule has 8 heteroatoms. The Morgan fingerprint density at radius 3 is 2.62 bits per heavy atom. The number of anilines is 1. The Labute approximate surface area is 128 Å². The maximum absolute atomic E-state index is 12.0. The molecule has 0 saturated carbocycles. The number of rotatable bonds is 8. The monoisotopic (exact) mass is 312 g/mol. The minimum atomic E-state index is -0.529. The Kier molecular flexibility index (Phi) is 7.52. The van der Waals surface area contributed by atoms with Crippen LogP contribution in [0.15, 0.2) is 17.8 Å². The maximum Gasteiger partial charge on any atom is 0.416 e. The van der Waals surface area contributed by atoms with Crippen LogP contribution in [-0.2, 0) is 4.74 Å². The number of amides is 1. The van der Waals surface area contributed by atoms with Crippen molar-refractivity contribution in [3.8, 4) is 6.01 Å². The summed E-state index contributed by atoms with van der Waals surface area (Å²) in [5.41, 5.74) is 0. The molecule has 0 unspecified atom stereocenters. The number of ether oxygens (including phenoxy) is 2. The number of thioether (sulfide) groups is 1. The second-order valence-corrected chi connectivity index (χ2v) is 4.90. The molecule has 0 aromatic carbocycles. The highest BCUT2D eigenvalue weighted by atomic mass is 32.2. The van der Waals surface area contributed by atoms with Gasteiger partial charge in [0.05, 0.1) is 19.8 Å². The number of carbonyl (C=O) groups is 1. The molecule has 0 bridgehead atoms. The van der Waals surface area contributed by atoms with E-state index in [0.717, 1.165) is 5.75 Å². The average molecular weight is 312 g/mol. The molecule has 116 valence electrons. The lowest BCUT2D eigenvalue weighted by molar-refractivity contribution is 0.160. The van der Waals surface area contributed by atoms with Crippen LogP contribution >= 0.6 is 11.8 Å². The Hall–Kier alpha value is -1.83. The number of aromatic nitrogens is 3. The van der Waals surface area contributed by atoms with Crippen LogP contribution in [0, 0.1) is 0 Å². The lowest BCUT2D eigenvalue weighted by Gasteiger charge is -2.18. The van der Waals surface area contributed by atoms with E-state index in [4.69, 9.17) is 9.47 Å². The lowest BCUT2D eigenvalue weighted by Crippen LogP contribution is -2.33. The van der Waals surface area contributed by atoms with Crippen molar-refractivity contribution < 1.29 is 14.3 Å². The molecule has 0 aliphatic rings. The van der Waals surface area contributed by atoms with Gasteiger partial charge < -0.3 is 9.47 Å². The van der Waals surface area contributed by atoms with Crippen LogP contribution in [0.3, 0.4) is 0 Å².